The fraction of sp³-hybridized carbons (Fsp3) is 0.133. The summed E-state index contributed by atoms with van der Waals surface area (Å²) in [4.78, 5) is 17.2. The third-order valence-corrected chi connectivity index (χ3v) is 7.28. The molecule has 1 amide bonds. The third kappa shape index (κ3) is 7.02. The minimum Gasteiger partial charge on any atom is -0.377 e. The summed E-state index contributed by atoms with van der Waals surface area (Å²) in [6.07, 6.45) is 1.78. The lowest BCUT2D eigenvalue weighted by molar-refractivity contribution is -0.203. The van der Waals surface area contributed by atoms with Gasteiger partial charge in [0.05, 0.1) is 27.9 Å². The van der Waals surface area contributed by atoms with E-state index >= 15 is 8.78 Å². The number of benzene rings is 2. The monoisotopic (exact) mass is 621 g/mol. The molecule has 0 radical (unpaired) electrons. The largest absolute Gasteiger partial charge is 0.377 e. The second kappa shape index (κ2) is 13.4. The van der Waals surface area contributed by atoms with Crippen molar-refractivity contribution in [2.75, 3.05) is 6.54 Å². The Morgan fingerprint density at radius 3 is 2.59 bits per heavy atom. The van der Waals surface area contributed by atoms with E-state index in [1.165, 1.54) is 6.07 Å². The number of carbonyl (C=O) groups is 1. The summed E-state index contributed by atoms with van der Waals surface area (Å²) in [5.74, 6) is 9.16. The van der Waals surface area contributed by atoms with Gasteiger partial charge in [0, 0.05) is 29.9 Å². The van der Waals surface area contributed by atoms with Crippen LogP contribution in [0, 0.1) is 34.8 Å². The predicted octanol–water partition coefficient (Wildman–Crippen LogP) is 3.68. The average molecular weight is 622 g/mol. The lowest BCUT2D eigenvalue weighted by Crippen LogP contribution is -2.53. The second-order valence-electron chi connectivity index (χ2n) is 9.34. The van der Waals surface area contributed by atoms with Gasteiger partial charge in [-0.05, 0) is 54.1 Å². The molecule has 2 heterocycles. The molecule has 4 rings (SSSR count). The maximum absolute atomic E-state index is 15.8. The highest BCUT2D eigenvalue weighted by Crippen LogP contribution is 2.46. The summed E-state index contributed by atoms with van der Waals surface area (Å²) in [6.45, 7) is -0.865. The summed E-state index contributed by atoms with van der Waals surface area (Å²) in [7, 11) is 0. The van der Waals surface area contributed by atoms with Gasteiger partial charge in [-0.3, -0.25) is 14.8 Å². The van der Waals surface area contributed by atoms with E-state index in [9.17, 15) is 18.7 Å². The smallest absolute Gasteiger partial charge is 0.323 e. The summed E-state index contributed by atoms with van der Waals surface area (Å²) >= 11 is 1.11. The zero-order chi connectivity index (χ0) is 31.9. The Kier molecular flexibility index (Phi) is 9.60. The van der Waals surface area contributed by atoms with Gasteiger partial charge in [0.15, 0.2) is 5.60 Å². The molecule has 9 nitrogen and oxygen atoms in total. The minimum atomic E-state index is -4.25. The van der Waals surface area contributed by atoms with Crippen molar-refractivity contribution in [1.29, 1.82) is 5.26 Å². The molecule has 0 fully saturated rings. The Bertz CT molecular complexity index is 1800. The van der Waals surface area contributed by atoms with E-state index < -0.39 is 41.0 Å². The molecule has 44 heavy (non-hydrogen) atoms. The molecule has 0 aliphatic carbocycles. The molecule has 0 aliphatic heterocycles. The zero-order valence-corrected chi connectivity index (χ0v) is 23.5. The van der Waals surface area contributed by atoms with Crippen LogP contribution in [0.1, 0.15) is 42.5 Å². The van der Waals surface area contributed by atoms with Crippen LogP contribution in [-0.4, -0.2) is 33.9 Å². The molecule has 0 saturated carbocycles. The first kappa shape index (κ1) is 31.7. The third-order valence-electron chi connectivity index (χ3n) is 6.28. The van der Waals surface area contributed by atoms with Gasteiger partial charge in [0.2, 0.25) is 0 Å². The first-order valence-electron chi connectivity index (χ1n) is 12.6. The fourth-order valence-corrected chi connectivity index (χ4v) is 4.89. The van der Waals surface area contributed by atoms with Crippen LogP contribution in [0.3, 0.4) is 0 Å². The van der Waals surface area contributed by atoms with E-state index in [-0.39, 0.29) is 18.0 Å². The van der Waals surface area contributed by atoms with Gasteiger partial charge in [-0.1, -0.05) is 24.0 Å². The number of hydrogen-bond acceptors (Lipinski definition) is 8. The Balaban J connectivity index is 1.51. The quantitative estimate of drug-likeness (QED) is 0.0555. The molecular weight excluding hydrogens is 598 g/mol. The number of rotatable bonds is 9. The topological polar surface area (TPSA) is 154 Å². The molecule has 2 aromatic heterocycles. The number of alkyl halides is 2. The lowest BCUT2D eigenvalue weighted by atomic mass is 9.84. The maximum Gasteiger partial charge on any atom is 0.323 e. The number of aliphatic hydroxyl groups is 1. The number of aromatic nitrogens is 1. The molecule has 6 N–H and O–H groups in total. The van der Waals surface area contributed by atoms with Gasteiger partial charge in [-0.2, -0.15) is 19.1 Å². The van der Waals surface area contributed by atoms with Crippen molar-refractivity contribution >= 4 is 23.6 Å². The zero-order valence-electron chi connectivity index (χ0n) is 22.6. The van der Waals surface area contributed by atoms with Crippen molar-refractivity contribution in [1.82, 2.24) is 15.3 Å². The van der Waals surface area contributed by atoms with E-state index in [4.69, 9.17) is 16.9 Å². The van der Waals surface area contributed by atoms with Crippen LogP contribution in [-0.2, 0) is 18.1 Å². The standard InChI is InChI=1S/C30H23F4N7O2S/c31-22-6-9-24(25(32)13-22)29(43,17-41(37)18-40-36)30(33,34)27-11-5-19(15-38-27)4-7-23-8-10-26(44-23)28(42)39-16-21-3-1-2-20(12-21)14-35/h1-3,5-6,8-13,15,18,43H,16-17,36-37H2,(H,39,42)/b40-18-. The highest BCUT2D eigenvalue weighted by Gasteiger charge is 2.58. The number of hydrazine groups is 1. The molecule has 1 atom stereocenters. The lowest BCUT2D eigenvalue weighted by Gasteiger charge is -2.37. The van der Waals surface area contributed by atoms with Gasteiger partial charge in [0.1, 0.15) is 23.7 Å². The Morgan fingerprint density at radius 2 is 1.91 bits per heavy atom. The molecular formula is C30H23F4N7O2S. The number of halogens is 4. The number of hydrogen-bond donors (Lipinski definition) is 4. The molecule has 0 saturated heterocycles. The molecule has 14 heteroatoms. The van der Waals surface area contributed by atoms with E-state index in [0.29, 0.717) is 32.5 Å². The van der Waals surface area contributed by atoms with Crippen LogP contribution >= 0.6 is 11.3 Å². The molecule has 2 aromatic carbocycles. The van der Waals surface area contributed by atoms with Crippen molar-refractivity contribution in [3.63, 3.8) is 0 Å². The van der Waals surface area contributed by atoms with Gasteiger partial charge >= 0.3 is 5.92 Å². The van der Waals surface area contributed by atoms with Gasteiger partial charge < -0.3 is 16.3 Å². The Hall–Kier alpha value is -5.28. The van der Waals surface area contributed by atoms with Crippen molar-refractivity contribution in [3.8, 4) is 17.9 Å². The van der Waals surface area contributed by atoms with Crippen molar-refractivity contribution in [2.45, 2.75) is 18.1 Å². The molecule has 0 aliphatic rings. The van der Waals surface area contributed by atoms with Crippen LogP contribution in [0.15, 0.2) is 78.0 Å². The van der Waals surface area contributed by atoms with Crippen LogP contribution in [0.5, 0.6) is 0 Å². The van der Waals surface area contributed by atoms with E-state index in [2.05, 4.69) is 27.2 Å². The van der Waals surface area contributed by atoms with Crippen LogP contribution in [0.25, 0.3) is 0 Å². The molecule has 0 spiro atoms. The highest BCUT2D eigenvalue weighted by molar-refractivity contribution is 7.14. The van der Waals surface area contributed by atoms with Crippen LogP contribution in [0.2, 0.25) is 0 Å². The summed E-state index contributed by atoms with van der Waals surface area (Å²) in [6, 6.07) is 16.0. The van der Waals surface area contributed by atoms with Gasteiger partial charge in [-0.25, -0.2) is 14.6 Å². The average Bonchev–Trinajstić information content (AvgIpc) is 3.48. The Labute approximate surface area is 253 Å². The summed E-state index contributed by atoms with van der Waals surface area (Å²) in [5.41, 5.74) is -3.72. The number of amides is 1. The first-order valence-corrected chi connectivity index (χ1v) is 13.4. The summed E-state index contributed by atoms with van der Waals surface area (Å²) < 4.78 is 59.8. The van der Waals surface area contributed by atoms with E-state index in [0.717, 1.165) is 41.6 Å². The first-order chi connectivity index (χ1) is 21.0. The number of nitrogens with zero attached hydrogens (tertiary/aromatic N) is 4. The minimum absolute atomic E-state index is 0.225. The number of nitrogens with one attached hydrogen (secondary N) is 1. The number of nitriles is 1. The number of nitrogens with two attached hydrogens (primary N) is 2. The predicted molar refractivity (Wildman–Crippen MR) is 155 cm³/mol. The maximum atomic E-state index is 15.8. The van der Waals surface area contributed by atoms with E-state index in [1.807, 2.05) is 6.07 Å². The number of pyridine rings is 1. The number of thiophene rings is 1. The number of hydrazone groups is 1. The Morgan fingerprint density at radius 1 is 1.11 bits per heavy atom. The highest BCUT2D eigenvalue weighted by atomic mass is 32.1. The molecule has 0 bridgehead atoms. The normalized spacial score (nSPS) is 12.6. The van der Waals surface area contributed by atoms with E-state index in [1.54, 1.807) is 36.4 Å². The van der Waals surface area contributed by atoms with Crippen LogP contribution in [0.4, 0.5) is 17.6 Å². The van der Waals surface area contributed by atoms with Crippen molar-refractivity contribution in [2.24, 2.45) is 16.8 Å². The van der Waals surface area contributed by atoms with Crippen molar-refractivity contribution < 1.29 is 27.5 Å². The molecule has 4 aromatic rings. The fourth-order valence-electron chi connectivity index (χ4n) is 4.12. The van der Waals surface area contributed by atoms with Gasteiger partial charge in [-0.15, -0.1) is 11.3 Å². The second-order valence-corrected chi connectivity index (χ2v) is 10.4. The summed E-state index contributed by atoms with van der Waals surface area (Å²) in [5, 5.41) is 26.6. The molecule has 224 valence electrons. The SMILES string of the molecule is N#Cc1cccc(CNC(=O)c2ccc(C#Cc3ccc(C(F)(F)C(O)(CN(N)/C=N\N)c4ccc(F)cc4F)nc3)s2)c1. The van der Waals surface area contributed by atoms with Gasteiger partial charge in [0.25, 0.3) is 5.91 Å². The number of carbonyl (C=O) groups excluding carboxylic acids is 1. The van der Waals surface area contributed by atoms with Crippen LogP contribution < -0.4 is 17.0 Å². The van der Waals surface area contributed by atoms with Crippen molar-refractivity contribution in [3.05, 3.63) is 122 Å². The molecule has 1 unspecified atom stereocenters.